The molecule has 0 radical (unpaired) electrons. The second-order valence-corrected chi connectivity index (χ2v) is 5.75. The normalized spacial score (nSPS) is 29.2. The van der Waals surface area contributed by atoms with E-state index >= 15 is 0 Å². The fraction of sp³-hybridized carbons (Fsp3) is 0.643. The first-order chi connectivity index (χ1) is 9.58. The number of aryl methyl sites for hydroxylation is 1. The van der Waals surface area contributed by atoms with Crippen molar-refractivity contribution in [1.29, 1.82) is 0 Å². The molecule has 1 aliphatic carbocycles. The molecule has 2 heterocycles. The van der Waals surface area contributed by atoms with Gasteiger partial charge in [0, 0.05) is 12.1 Å². The molecule has 0 aromatic carbocycles. The minimum atomic E-state index is -0.927. The van der Waals surface area contributed by atoms with Crippen LogP contribution >= 0.6 is 0 Å². The van der Waals surface area contributed by atoms with Crippen LogP contribution in [0.4, 0.5) is 0 Å². The largest absolute Gasteiger partial charge is 0.480 e. The number of amides is 1. The van der Waals surface area contributed by atoms with Gasteiger partial charge in [-0.05, 0) is 32.1 Å². The molecule has 0 spiro atoms. The molecule has 1 aromatic rings. The first kappa shape index (κ1) is 13.1. The van der Waals surface area contributed by atoms with E-state index in [1.807, 2.05) is 0 Å². The lowest BCUT2D eigenvalue weighted by molar-refractivity contribution is -0.141. The van der Waals surface area contributed by atoms with Crippen LogP contribution in [0, 0.1) is 12.8 Å². The Kier molecular flexibility index (Phi) is 3.23. The molecule has 1 saturated carbocycles. The maximum atomic E-state index is 12.6. The number of aromatic nitrogens is 1. The number of carbonyl (C=O) groups excluding carboxylic acids is 1. The molecule has 108 valence electrons. The molecule has 1 aliphatic heterocycles. The topological polar surface area (TPSA) is 83.6 Å². The molecule has 6 heteroatoms. The summed E-state index contributed by atoms with van der Waals surface area (Å²) < 4.78 is 5.01. The summed E-state index contributed by atoms with van der Waals surface area (Å²) in [6.07, 6.45) is 4.61. The van der Waals surface area contributed by atoms with Gasteiger partial charge in [0.05, 0.1) is 5.69 Å². The van der Waals surface area contributed by atoms with Gasteiger partial charge in [-0.25, -0.2) is 4.79 Å². The minimum absolute atomic E-state index is 0.0303. The molecule has 1 aromatic heterocycles. The first-order valence-corrected chi connectivity index (χ1v) is 7.06. The van der Waals surface area contributed by atoms with E-state index < -0.39 is 12.0 Å². The summed E-state index contributed by atoms with van der Waals surface area (Å²) in [5.74, 6) is -0.825. The number of fused-ring (bicyclic) bond motifs is 1. The maximum absolute atomic E-state index is 12.6. The van der Waals surface area contributed by atoms with Gasteiger partial charge in [0.15, 0.2) is 0 Å². The van der Waals surface area contributed by atoms with Gasteiger partial charge in [-0.1, -0.05) is 18.0 Å². The van der Waals surface area contributed by atoms with Crippen LogP contribution < -0.4 is 0 Å². The summed E-state index contributed by atoms with van der Waals surface area (Å²) in [5.41, 5.74) is 0.625. The molecule has 3 atom stereocenters. The zero-order chi connectivity index (χ0) is 14.3. The van der Waals surface area contributed by atoms with Gasteiger partial charge in [-0.15, -0.1) is 0 Å². The van der Waals surface area contributed by atoms with Gasteiger partial charge in [-0.2, -0.15) is 0 Å². The fourth-order valence-electron chi connectivity index (χ4n) is 3.56. The Labute approximate surface area is 116 Å². The molecule has 1 amide bonds. The molecule has 0 bridgehead atoms. The molecule has 1 N–H and O–H groups in total. The summed E-state index contributed by atoms with van der Waals surface area (Å²) in [5, 5.41) is 13.1. The Balaban J connectivity index is 1.90. The van der Waals surface area contributed by atoms with Gasteiger partial charge >= 0.3 is 5.97 Å². The highest BCUT2D eigenvalue weighted by Crippen LogP contribution is 2.40. The summed E-state index contributed by atoms with van der Waals surface area (Å²) in [4.78, 5) is 25.5. The van der Waals surface area contributed by atoms with Crippen LogP contribution in [0.25, 0.3) is 0 Å². The van der Waals surface area contributed by atoms with Crippen LogP contribution in [0.3, 0.4) is 0 Å². The Morgan fingerprint density at radius 2 is 2.15 bits per heavy atom. The SMILES string of the molecule is Cc1cc(C(=O)N2[C@H](C(=O)O)C[C@H]3CCCC[C@@H]32)on1. The standard InChI is InChI=1S/C14H18N2O4/c1-8-6-12(20-15-8)13(17)16-10-5-3-2-4-9(10)7-11(16)14(18)19/h6,9-11H,2-5,7H2,1H3,(H,18,19)/t9-,10+,11+/m1/s1. The van der Waals surface area contributed by atoms with Crippen LogP contribution in [0.15, 0.2) is 10.6 Å². The summed E-state index contributed by atoms with van der Waals surface area (Å²) >= 11 is 0. The van der Waals surface area contributed by atoms with Crippen LogP contribution in [-0.4, -0.2) is 39.1 Å². The maximum Gasteiger partial charge on any atom is 0.326 e. The summed E-state index contributed by atoms with van der Waals surface area (Å²) in [6.45, 7) is 1.74. The van der Waals surface area contributed by atoms with Gasteiger partial charge in [-0.3, -0.25) is 4.79 Å². The van der Waals surface area contributed by atoms with Gasteiger partial charge < -0.3 is 14.5 Å². The van der Waals surface area contributed by atoms with Crippen molar-refractivity contribution < 1.29 is 19.2 Å². The van der Waals surface area contributed by atoms with E-state index in [2.05, 4.69) is 5.16 Å². The number of likely N-dealkylation sites (tertiary alicyclic amines) is 1. The smallest absolute Gasteiger partial charge is 0.326 e. The summed E-state index contributed by atoms with van der Waals surface area (Å²) in [7, 11) is 0. The molecule has 3 rings (SSSR count). The number of carboxylic acids is 1. The monoisotopic (exact) mass is 278 g/mol. The highest BCUT2D eigenvalue weighted by molar-refractivity contribution is 5.95. The number of hydrogen-bond donors (Lipinski definition) is 1. The molecule has 0 unspecified atom stereocenters. The zero-order valence-electron chi connectivity index (χ0n) is 11.4. The van der Waals surface area contributed by atoms with Crippen molar-refractivity contribution in [2.24, 2.45) is 5.92 Å². The number of rotatable bonds is 2. The molecule has 2 fully saturated rings. The second-order valence-electron chi connectivity index (χ2n) is 5.75. The van der Waals surface area contributed by atoms with Crippen molar-refractivity contribution >= 4 is 11.9 Å². The molecule has 20 heavy (non-hydrogen) atoms. The van der Waals surface area contributed by atoms with Crippen molar-refractivity contribution in [2.45, 2.75) is 51.1 Å². The predicted molar refractivity (Wildman–Crippen MR) is 69.2 cm³/mol. The van der Waals surface area contributed by atoms with Crippen molar-refractivity contribution in [3.8, 4) is 0 Å². The van der Waals surface area contributed by atoms with Crippen LogP contribution in [-0.2, 0) is 4.79 Å². The number of hydrogen-bond acceptors (Lipinski definition) is 4. The predicted octanol–water partition coefficient (Wildman–Crippen LogP) is 1.84. The van der Waals surface area contributed by atoms with Crippen molar-refractivity contribution in [3.63, 3.8) is 0 Å². The number of nitrogens with zero attached hydrogens (tertiary/aromatic N) is 2. The van der Waals surface area contributed by atoms with E-state index in [9.17, 15) is 14.7 Å². The van der Waals surface area contributed by atoms with E-state index in [0.717, 1.165) is 25.7 Å². The van der Waals surface area contributed by atoms with E-state index in [1.165, 1.54) is 4.90 Å². The average molecular weight is 278 g/mol. The quantitative estimate of drug-likeness (QED) is 0.892. The molecule has 6 nitrogen and oxygen atoms in total. The Morgan fingerprint density at radius 3 is 2.80 bits per heavy atom. The lowest BCUT2D eigenvalue weighted by Crippen LogP contribution is -2.46. The Hall–Kier alpha value is -1.85. The number of carbonyl (C=O) groups is 2. The van der Waals surface area contributed by atoms with Crippen molar-refractivity contribution in [2.75, 3.05) is 0 Å². The van der Waals surface area contributed by atoms with Crippen LogP contribution in [0.1, 0.15) is 48.4 Å². The highest BCUT2D eigenvalue weighted by atomic mass is 16.5. The fourth-order valence-corrected chi connectivity index (χ4v) is 3.56. The highest BCUT2D eigenvalue weighted by Gasteiger charge is 2.48. The first-order valence-electron chi connectivity index (χ1n) is 7.06. The van der Waals surface area contributed by atoms with E-state index in [-0.39, 0.29) is 17.7 Å². The van der Waals surface area contributed by atoms with E-state index in [0.29, 0.717) is 18.0 Å². The zero-order valence-corrected chi connectivity index (χ0v) is 11.4. The number of aliphatic carboxylic acids is 1. The minimum Gasteiger partial charge on any atom is -0.480 e. The third-order valence-corrected chi connectivity index (χ3v) is 4.45. The second kappa shape index (κ2) is 4.92. The van der Waals surface area contributed by atoms with Crippen molar-refractivity contribution in [1.82, 2.24) is 10.1 Å². The lowest BCUT2D eigenvalue weighted by Gasteiger charge is -2.32. The van der Waals surface area contributed by atoms with Crippen LogP contribution in [0.2, 0.25) is 0 Å². The van der Waals surface area contributed by atoms with Gasteiger partial charge in [0.2, 0.25) is 5.76 Å². The Bertz CT molecular complexity index is 539. The van der Waals surface area contributed by atoms with Gasteiger partial charge in [0.25, 0.3) is 5.91 Å². The van der Waals surface area contributed by atoms with Crippen molar-refractivity contribution in [3.05, 3.63) is 17.5 Å². The van der Waals surface area contributed by atoms with Crippen LogP contribution in [0.5, 0.6) is 0 Å². The van der Waals surface area contributed by atoms with Gasteiger partial charge in [0.1, 0.15) is 6.04 Å². The van der Waals surface area contributed by atoms with E-state index in [1.54, 1.807) is 13.0 Å². The third-order valence-electron chi connectivity index (χ3n) is 4.45. The average Bonchev–Trinajstić information content (AvgIpc) is 3.01. The molecular formula is C14H18N2O4. The molecule has 1 saturated heterocycles. The molecular weight excluding hydrogens is 260 g/mol. The summed E-state index contributed by atoms with van der Waals surface area (Å²) in [6, 6.07) is 0.862. The van der Waals surface area contributed by atoms with E-state index in [4.69, 9.17) is 4.52 Å². The molecule has 2 aliphatic rings. The third kappa shape index (κ3) is 2.09. The Morgan fingerprint density at radius 1 is 1.40 bits per heavy atom. The number of carboxylic acid groups (broad SMARTS) is 1. The lowest BCUT2D eigenvalue weighted by atomic mass is 9.84.